The van der Waals surface area contributed by atoms with E-state index >= 15 is 0 Å². The number of benzene rings is 1. The maximum Gasteiger partial charge on any atom is 0.407 e. The molecule has 0 bridgehead atoms. The molecule has 1 saturated heterocycles. The van der Waals surface area contributed by atoms with E-state index in [0.29, 0.717) is 19.8 Å². The van der Waals surface area contributed by atoms with Crippen LogP contribution < -0.4 is 10.2 Å². The molecule has 1 aromatic carbocycles. The number of thiazole rings is 1. The molecule has 3 rings (SSSR count). The quantitative estimate of drug-likeness (QED) is 0.934. The molecule has 1 aliphatic rings. The van der Waals surface area contributed by atoms with Gasteiger partial charge in [0.15, 0.2) is 5.13 Å². The van der Waals surface area contributed by atoms with Gasteiger partial charge in [-0.25, -0.2) is 9.78 Å². The van der Waals surface area contributed by atoms with Gasteiger partial charge in [0.2, 0.25) is 0 Å². The molecule has 1 fully saturated rings. The molecule has 23 heavy (non-hydrogen) atoms. The van der Waals surface area contributed by atoms with E-state index < -0.39 is 6.09 Å². The van der Waals surface area contributed by atoms with E-state index in [4.69, 9.17) is 9.47 Å². The van der Waals surface area contributed by atoms with Gasteiger partial charge in [0.1, 0.15) is 6.10 Å². The van der Waals surface area contributed by atoms with Crippen molar-refractivity contribution in [3.05, 3.63) is 24.3 Å². The van der Waals surface area contributed by atoms with E-state index in [1.54, 1.807) is 11.3 Å². The first-order valence-electron chi connectivity index (χ1n) is 7.77. The van der Waals surface area contributed by atoms with Crippen LogP contribution >= 0.6 is 11.3 Å². The minimum atomic E-state index is -0.403. The van der Waals surface area contributed by atoms with Crippen molar-refractivity contribution in [1.29, 1.82) is 0 Å². The summed E-state index contributed by atoms with van der Waals surface area (Å²) in [6, 6.07) is 8.12. The summed E-state index contributed by atoms with van der Waals surface area (Å²) in [5, 5.41) is 3.68. The summed E-state index contributed by atoms with van der Waals surface area (Å²) in [4.78, 5) is 18.6. The monoisotopic (exact) mass is 335 g/mol. The zero-order chi connectivity index (χ0) is 16.2. The fourth-order valence-corrected chi connectivity index (χ4v) is 3.44. The van der Waals surface area contributed by atoms with Crippen molar-refractivity contribution >= 4 is 32.8 Å². The first kappa shape index (κ1) is 16.0. The van der Waals surface area contributed by atoms with Crippen LogP contribution in [0.1, 0.15) is 13.8 Å². The molecule has 6 nitrogen and oxygen atoms in total. The van der Waals surface area contributed by atoms with Crippen molar-refractivity contribution in [2.45, 2.75) is 26.0 Å². The van der Waals surface area contributed by atoms with Gasteiger partial charge in [-0.3, -0.25) is 0 Å². The first-order valence-corrected chi connectivity index (χ1v) is 8.59. The molecule has 0 spiro atoms. The number of hydrogen-bond donors (Lipinski definition) is 1. The van der Waals surface area contributed by atoms with Gasteiger partial charge in [0.25, 0.3) is 0 Å². The number of anilines is 1. The maximum absolute atomic E-state index is 11.8. The normalized spacial score (nSPS) is 18.9. The number of rotatable bonds is 3. The lowest BCUT2D eigenvalue weighted by Gasteiger charge is -2.23. The minimum Gasteiger partial charge on any atom is -0.442 e. The number of carbonyl (C=O) groups excluding carboxylic acids is 1. The summed E-state index contributed by atoms with van der Waals surface area (Å²) >= 11 is 1.65. The number of nitrogens with one attached hydrogen (secondary N) is 1. The Balaban J connectivity index is 1.70. The first-order chi connectivity index (χ1) is 11.1. The number of ether oxygens (including phenoxy) is 2. The maximum atomic E-state index is 11.8. The molecule has 7 heteroatoms. The number of alkyl carbamates (subject to hydrolysis) is 1. The Morgan fingerprint density at radius 3 is 3.09 bits per heavy atom. The Bertz CT molecular complexity index is 640. The molecular weight excluding hydrogens is 314 g/mol. The van der Waals surface area contributed by atoms with Crippen molar-refractivity contribution in [3.63, 3.8) is 0 Å². The molecular formula is C16H21N3O3S. The van der Waals surface area contributed by atoms with E-state index in [-0.39, 0.29) is 12.1 Å². The summed E-state index contributed by atoms with van der Waals surface area (Å²) in [6.45, 7) is 6.14. The molecule has 1 atom stereocenters. The predicted octanol–water partition coefficient (Wildman–Crippen LogP) is 2.64. The molecule has 1 amide bonds. The molecule has 1 aliphatic heterocycles. The van der Waals surface area contributed by atoms with Crippen LogP contribution in [0.2, 0.25) is 0 Å². The highest BCUT2D eigenvalue weighted by Crippen LogP contribution is 2.29. The topological polar surface area (TPSA) is 63.7 Å². The lowest BCUT2D eigenvalue weighted by atomic mass is 10.3. The van der Waals surface area contributed by atoms with Crippen molar-refractivity contribution in [2.75, 3.05) is 31.2 Å². The highest BCUT2D eigenvalue weighted by molar-refractivity contribution is 7.22. The molecule has 1 N–H and O–H groups in total. The summed E-state index contributed by atoms with van der Waals surface area (Å²) in [6.07, 6.45) is -0.706. The number of aromatic nitrogens is 1. The highest BCUT2D eigenvalue weighted by Gasteiger charge is 2.24. The van der Waals surface area contributed by atoms with Crippen LogP contribution in [-0.4, -0.2) is 49.5 Å². The highest BCUT2D eigenvalue weighted by atomic mass is 32.1. The summed E-state index contributed by atoms with van der Waals surface area (Å²) in [5.41, 5.74) is 0.993. The second kappa shape index (κ2) is 7.14. The van der Waals surface area contributed by atoms with E-state index in [2.05, 4.69) is 21.3 Å². The zero-order valence-electron chi connectivity index (χ0n) is 13.3. The van der Waals surface area contributed by atoms with Crippen molar-refractivity contribution < 1.29 is 14.3 Å². The molecule has 0 unspecified atom stereocenters. The fourth-order valence-electron chi connectivity index (χ4n) is 2.44. The third-order valence-corrected chi connectivity index (χ3v) is 4.56. The third kappa shape index (κ3) is 4.11. The average molecular weight is 335 g/mol. The van der Waals surface area contributed by atoms with Crippen LogP contribution in [0.5, 0.6) is 0 Å². The van der Waals surface area contributed by atoms with Crippen LogP contribution in [0.25, 0.3) is 10.2 Å². The van der Waals surface area contributed by atoms with Crippen LogP contribution in [0.15, 0.2) is 24.3 Å². The summed E-state index contributed by atoms with van der Waals surface area (Å²) < 4.78 is 12.2. The Morgan fingerprint density at radius 2 is 2.30 bits per heavy atom. The Hall–Kier alpha value is -1.86. The second-order valence-electron chi connectivity index (χ2n) is 5.81. The molecule has 0 radical (unpaired) electrons. The molecule has 2 heterocycles. The fraction of sp³-hybridized carbons (Fsp3) is 0.500. The predicted molar refractivity (Wildman–Crippen MR) is 91.2 cm³/mol. The van der Waals surface area contributed by atoms with Gasteiger partial charge in [0, 0.05) is 12.6 Å². The summed E-state index contributed by atoms with van der Waals surface area (Å²) in [5.74, 6) is 0. The van der Waals surface area contributed by atoms with Crippen molar-refractivity contribution in [1.82, 2.24) is 10.3 Å². The van der Waals surface area contributed by atoms with Gasteiger partial charge in [0.05, 0.1) is 30.0 Å². The molecule has 0 aliphatic carbocycles. The number of carbonyl (C=O) groups is 1. The van der Waals surface area contributed by atoms with Gasteiger partial charge in [-0.15, -0.1) is 0 Å². The van der Waals surface area contributed by atoms with Crippen LogP contribution in [0.3, 0.4) is 0 Å². The molecule has 1 aromatic heterocycles. The number of amides is 1. The van der Waals surface area contributed by atoms with Crippen LogP contribution in [-0.2, 0) is 9.47 Å². The number of fused-ring (bicyclic) bond motifs is 1. The molecule has 2 aromatic rings. The average Bonchev–Trinajstić information content (AvgIpc) is 2.80. The molecule has 0 saturated carbocycles. The van der Waals surface area contributed by atoms with Crippen LogP contribution in [0.4, 0.5) is 9.93 Å². The van der Waals surface area contributed by atoms with Gasteiger partial charge in [-0.05, 0) is 26.0 Å². The number of hydrogen-bond acceptors (Lipinski definition) is 6. The smallest absolute Gasteiger partial charge is 0.407 e. The van der Waals surface area contributed by atoms with Gasteiger partial charge in [-0.1, -0.05) is 23.5 Å². The summed E-state index contributed by atoms with van der Waals surface area (Å²) in [7, 11) is 0. The Morgan fingerprint density at radius 1 is 1.48 bits per heavy atom. The SMILES string of the molecule is CC(C)NC(=O)O[C@H]1COCCN(c2nc3ccccc3s2)C1. The minimum absolute atomic E-state index is 0.0505. The number of para-hydroxylation sites is 1. The lowest BCUT2D eigenvalue weighted by Crippen LogP contribution is -2.40. The van der Waals surface area contributed by atoms with E-state index in [1.165, 1.54) is 0 Å². The standard InChI is InChI=1S/C16H21N3O3S/c1-11(2)17-16(20)22-12-9-19(7-8-21-10-12)15-18-13-5-3-4-6-14(13)23-15/h3-6,11-12H,7-10H2,1-2H3,(H,17,20)/t12-/m1/s1. The Labute approximate surface area is 139 Å². The molecule has 124 valence electrons. The van der Waals surface area contributed by atoms with Gasteiger partial charge < -0.3 is 19.7 Å². The number of nitrogens with zero attached hydrogens (tertiary/aromatic N) is 2. The lowest BCUT2D eigenvalue weighted by molar-refractivity contribution is 0.0373. The third-order valence-electron chi connectivity index (χ3n) is 3.47. The van der Waals surface area contributed by atoms with Crippen molar-refractivity contribution in [2.24, 2.45) is 0 Å². The van der Waals surface area contributed by atoms with Crippen molar-refractivity contribution in [3.8, 4) is 0 Å². The zero-order valence-corrected chi connectivity index (χ0v) is 14.1. The second-order valence-corrected chi connectivity index (χ2v) is 6.82. The largest absolute Gasteiger partial charge is 0.442 e. The van der Waals surface area contributed by atoms with Crippen LogP contribution in [0, 0.1) is 0 Å². The van der Waals surface area contributed by atoms with E-state index in [1.807, 2.05) is 32.0 Å². The van der Waals surface area contributed by atoms with Gasteiger partial charge in [-0.2, -0.15) is 0 Å². The van der Waals surface area contributed by atoms with E-state index in [0.717, 1.165) is 21.9 Å². The van der Waals surface area contributed by atoms with E-state index in [9.17, 15) is 4.79 Å². The Kier molecular flexibility index (Phi) is 4.97. The van der Waals surface area contributed by atoms with Gasteiger partial charge >= 0.3 is 6.09 Å².